The monoisotopic (exact) mass is 368 g/mol. The molecule has 2 nitrogen and oxygen atoms in total. The highest BCUT2D eigenvalue weighted by Crippen LogP contribution is 2.56. The minimum absolute atomic E-state index is 0.0136. The van der Waals surface area contributed by atoms with E-state index in [-0.39, 0.29) is 17.1 Å². The zero-order chi connectivity index (χ0) is 19.3. The lowest BCUT2D eigenvalue weighted by Gasteiger charge is -2.52. The summed E-state index contributed by atoms with van der Waals surface area (Å²) in [6, 6.07) is 0. The van der Waals surface area contributed by atoms with Crippen LogP contribution in [0, 0.1) is 29.1 Å². The molecular formula is C25H36O2. The highest BCUT2D eigenvalue weighted by atomic mass is 16.3. The van der Waals surface area contributed by atoms with Gasteiger partial charge in [-0.15, -0.1) is 6.58 Å². The molecule has 5 atom stereocenters. The Bertz CT molecular complexity index is 588. The highest BCUT2D eigenvalue weighted by Gasteiger charge is 2.49. The van der Waals surface area contributed by atoms with E-state index >= 15 is 0 Å². The zero-order valence-corrected chi connectivity index (χ0v) is 16.9. The Labute approximate surface area is 165 Å². The van der Waals surface area contributed by atoms with Gasteiger partial charge < -0.3 is 5.11 Å². The fourth-order valence-electron chi connectivity index (χ4n) is 5.85. The third-order valence-electron chi connectivity index (χ3n) is 7.30. The number of carbonyl (C=O) groups excluding carboxylic acids is 1. The lowest BCUT2D eigenvalue weighted by Crippen LogP contribution is -2.46. The summed E-state index contributed by atoms with van der Waals surface area (Å²) in [5.41, 5.74) is 0.0136. The second-order valence-electron chi connectivity index (χ2n) is 8.84. The highest BCUT2D eigenvalue weighted by molar-refractivity contribution is 5.80. The Morgan fingerprint density at radius 1 is 1.04 bits per heavy atom. The Hall–Kier alpha value is -1.41. The maximum absolute atomic E-state index is 11.9. The first-order chi connectivity index (χ1) is 13.1. The van der Waals surface area contributed by atoms with Gasteiger partial charge in [0.05, 0.1) is 6.10 Å². The Morgan fingerprint density at radius 2 is 1.63 bits per heavy atom. The summed E-state index contributed by atoms with van der Waals surface area (Å²) in [5, 5.41) is 10.7. The second kappa shape index (κ2) is 9.19. The number of aliphatic hydroxyl groups excluding tert-OH is 1. The van der Waals surface area contributed by atoms with Crippen LogP contribution >= 0.6 is 0 Å². The van der Waals surface area contributed by atoms with Crippen LogP contribution in [0.5, 0.6) is 0 Å². The molecule has 0 amide bonds. The van der Waals surface area contributed by atoms with Crippen molar-refractivity contribution in [2.75, 3.05) is 0 Å². The SMILES string of the molecule is C=CC(O)CC(C1C=CCCC1)(C1C=CCCC1)C1C=CC(C(C)=O)CC1. The smallest absolute Gasteiger partial charge is 0.136 e. The summed E-state index contributed by atoms with van der Waals surface area (Å²) < 4.78 is 0. The van der Waals surface area contributed by atoms with Gasteiger partial charge in [0.15, 0.2) is 0 Å². The number of carbonyl (C=O) groups is 1. The van der Waals surface area contributed by atoms with Crippen molar-refractivity contribution in [3.63, 3.8) is 0 Å². The average Bonchev–Trinajstić information content (AvgIpc) is 2.73. The molecule has 1 N–H and O–H groups in total. The summed E-state index contributed by atoms with van der Waals surface area (Å²) in [6.45, 7) is 5.57. The minimum Gasteiger partial charge on any atom is -0.389 e. The predicted octanol–water partition coefficient (Wildman–Crippen LogP) is 5.79. The van der Waals surface area contributed by atoms with Crippen molar-refractivity contribution in [3.05, 3.63) is 49.1 Å². The molecule has 0 aromatic heterocycles. The maximum Gasteiger partial charge on any atom is 0.136 e. The van der Waals surface area contributed by atoms with Crippen molar-refractivity contribution >= 4 is 5.78 Å². The number of aliphatic hydroxyl groups is 1. The van der Waals surface area contributed by atoms with Crippen molar-refractivity contribution < 1.29 is 9.90 Å². The van der Waals surface area contributed by atoms with E-state index in [1.807, 2.05) is 0 Å². The van der Waals surface area contributed by atoms with Gasteiger partial charge in [0.2, 0.25) is 0 Å². The molecule has 0 aliphatic heterocycles. The molecule has 0 saturated heterocycles. The van der Waals surface area contributed by atoms with Gasteiger partial charge in [0.25, 0.3) is 0 Å². The molecule has 0 heterocycles. The van der Waals surface area contributed by atoms with Crippen LogP contribution in [0.2, 0.25) is 0 Å². The summed E-state index contributed by atoms with van der Waals surface area (Å²) >= 11 is 0. The van der Waals surface area contributed by atoms with E-state index in [1.54, 1.807) is 13.0 Å². The molecule has 5 unspecified atom stereocenters. The molecule has 27 heavy (non-hydrogen) atoms. The van der Waals surface area contributed by atoms with Crippen LogP contribution in [0.1, 0.15) is 64.7 Å². The van der Waals surface area contributed by atoms with Crippen molar-refractivity contribution in [2.24, 2.45) is 29.1 Å². The fourth-order valence-corrected chi connectivity index (χ4v) is 5.85. The molecule has 0 saturated carbocycles. The van der Waals surface area contributed by atoms with Crippen LogP contribution in [0.4, 0.5) is 0 Å². The quantitative estimate of drug-likeness (QED) is 0.577. The van der Waals surface area contributed by atoms with E-state index in [4.69, 9.17) is 0 Å². The average molecular weight is 369 g/mol. The lowest BCUT2D eigenvalue weighted by molar-refractivity contribution is -0.120. The van der Waals surface area contributed by atoms with E-state index in [1.165, 1.54) is 38.5 Å². The third-order valence-corrected chi connectivity index (χ3v) is 7.30. The summed E-state index contributed by atoms with van der Waals surface area (Å²) in [7, 11) is 0. The number of Topliss-reactive ketones (excluding diaryl/α,β-unsaturated/α-hetero) is 1. The number of hydrogen-bond acceptors (Lipinski definition) is 2. The molecule has 2 heteroatoms. The third kappa shape index (κ3) is 4.37. The van der Waals surface area contributed by atoms with E-state index < -0.39 is 6.10 Å². The van der Waals surface area contributed by atoms with Gasteiger partial charge in [-0.3, -0.25) is 4.79 Å². The summed E-state index contributed by atoms with van der Waals surface area (Å²) in [6.07, 6.45) is 25.2. The lowest BCUT2D eigenvalue weighted by atomic mass is 9.52. The molecular weight excluding hydrogens is 332 g/mol. The van der Waals surface area contributed by atoms with E-state index in [0.29, 0.717) is 17.8 Å². The van der Waals surface area contributed by atoms with Crippen LogP contribution in [0.15, 0.2) is 49.1 Å². The van der Waals surface area contributed by atoms with Crippen LogP contribution in [0.25, 0.3) is 0 Å². The van der Waals surface area contributed by atoms with Crippen LogP contribution in [-0.4, -0.2) is 17.0 Å². The largest absolute Gasteiger partial charge is 0.389 e. The van der Waals surface area contributed by atoms with Gasteiger partial charge in [0.1, 0.15) is 5.78 Å². The van der Waals surface area contributed by atoms with E-state index in [9.17, 15) is 9.90 Å². The van der Waals surface area contributed by atoms with Crippen molar-refractivity contribution in [1.82, 2.24) is 0 Å². The van der Waals surface area contributed by atoms with Gasteiger partial charge in [-0.2, -0.15) is 0 Å². The summed E-state index contributed by atoms with van der Waals surface area (Å²) in [5.74, 6) is 1.72. The molecule has 148 valence electrons. The topological polar surface area (TPSA) is 37.3 Å². The fraction of sp³-hybridized carbons (Fsp3) is 0.640. The summed E-state index contributed by atoms with van der Waals surface area (Å²) in [4.78, 5) is 11.9. The predicted molar refractivity (Wildman–Crippen MR) is 112 cm³/mol. The van der Waals surface area contributed by atoms with E-state index in [0.717, 1.165) is 19.3 Å². The van der Waals surface area contributed by atoms with Crippen LogP contribution in [0.3, 0.4) is 0 Å². The van der Waals surface area contributed by atoms with Gasteiger partial charge in [-0.25, -0.2) is 0 Å². The second-order valence-corrected chi connectivity index (χ2v) is 8.84. The Balaban J connectivity index is 2.03. The van der Waals surface area contributed by atoms with Crippen molar-refractivity contribution in [2.45, 2.75) is 70.8 Å². The molecule has 0 radical (unpaired) electrons. The number of hydrogen-bond donors (Lipinski definition) is 1. The molecule has 3 rings (SSSR count). The number of rotatable bonds is 7. The maximum atomic E-state index is 11.9. The number of ketones is 1. The standard InChI is InChI=1S/C25H36O2/c1-3-24(27)18-25(21-10-6-4-7-11-21,22-12-8-5-9-13-22)23-16-14-20(15-17-23)19(2)26/h3,6,8,10,12,14,16,20-24,27H,1,4-5,7,9,11,13,15,17-18H2,2H3. The molecule has 3 aliphatic rings. The van der Waals surface area contributed by atoms with Gasteiger partial charge in [-0.05, 0) is 87.9 Å². The van der Waals surface area contributed by atoms with Crippen molar-refractivity contribution in [1.29, 1.82) is 0 Å². The molecule has 0 spiro atoms. The van der Waals surface area contributed by atoms with Gasteiger partial charge in [-0.1, -0.05) is 42.5 Å². The van der Waals surface area contributed by atoms with Crippen LogP contribution in [-0.2, 0) is 4.79 Å². The first-order valence-electron chi connectivity index (χ1n) is 10.9. The van der Waals surface area contributed by atoms with Crippen molar-refractivity contribution in [3.8, 4) is 0 Å². The Morgan fingerprint density at radius 3 is 2.04 bits per heavy atom. The van der Waals surface area contributed by atoms with Gasteiger partial charge >= 0.3 is 0 Å². The number of allylic oxidation sites excluding steroid dienone is 6. The van der Waals surface area contributed by atoms with Gasteiger partial charge in [0, 0.05) is 5.92 Å². The molecule has 0 aromatic rings. The molecule has 0 aromatic carbocycles. The first kappa shape index (κ1) is 20.3. The minimum atomic E-state index is -0.477. The molecule has 0 fully saturated rings. The first-order valence-corrected chi connectivity index (χ1v) is 10.9. The van der Waals surface area contributed by atoms with E-state index in [2.05, 4.69) is 43.0 Å². The molecule has 3 aliphatic carbocycles. The normalized spacial score (nSPS) is 34.0. The molecule has 0 bridgehead atoms. The Kier molecular flexibility index (Phi) is 6.92. The zero-order valence-electron chi connectivity index (χ0n) is 16.9. The van der Waals surface area contributed by atoms with Crippen LogP contribution < -0.4 is 0 Å².